The molecule has 4 aliphatic rings. The van der Waals surface area contributed by atoms with Crippen LogP contribution in [0.2, 0.25) is 0 Å². The van der Waals surface area contributed by atoms with Gasteiger partial charge in [0, 0.05) is 5.41 Å². The fourth-order valence-corrected chi connectivity index (χ4v) is 8.50. The molecular weight excluding hydrogens is 316 g/mol. The van der Waals surface area contributed by atoms with E-state index in [1.54, 1.807) is 0 Å². The minimum atomic E-state index is -0.617. The van der Waals surface area contributed by atoms with Gasteiger partial charge in [-0.25, -0.2) is 0 Å². The first-order valence-corrected chi connectivity index (χ1v) is 11.3. The zero-order chi connectivity index (χ0) is 18.0. The summed E-state index contributed by atoms with van der Waals surface area (Å²) in [6.45, 7) is 5.08. The first kappa shape index (κ1) is 17.3. The van der Waals surface area contributed by atoms with Crippen LogP contribution < -0.4 is 0 Å². The van der Waals surface area contributed by atoms with Gasteiger partial charge in [0.25, 0.3) is 0 Å². The minimum Gasteiger partial charge on any atom is -0.385 e. The molecule has 1 heteroatoms. The molecule has 0 bridgehead atoms. The monoisotopic (exact) mass is 352 g/mol. The normalized spacial score (nSPS) is 50.6. The third-order valence-corrected chi connectivity index (χ3v) is 9.99. The SMILES string of the molecule is C[C@]12CCCC[C@H]1CC[C@@H]1[C@@H]2CC[C@@]2(C)[C@H]1CC[C@@]2(O)c1ccccc1. The van der Waals surface area contributed by atoms with Crippen LogP contribution in [0, 0.1) is 34.5 Å². The number of hydrogen-bond acceptors (Lipinski definition) is 1. The van der Waals surface area contributed by atoms with Crippen molar-refractivity contribution in [3.8, 4) is 0 Å². The molecule has 0 aliphatic heterocycles. The lowest BCUT2D eigenvalue weighted by Gasteiger charge is -2.61. The van der Waals surface area contributed by atoms with Gasteiger partial charge in [-0.15, -0.1) is 0 Å². The van der Waals surface area contributed by atoms with Crippen molar-refractivity contribution in [2.24, 2.45) is 34.5 Å². The van der Waals surface area contributed by atoms with Gasteiger partial charge in [0.15, 0.2) is 0 Å². The Kier molecular flexibility index (Phi) is 3.88. The highest BCUT2D eigenvalue weighted by atomic mass is 16.3. The highest BCUT2D eigenvalue weighted by molar-refractivity contribution is 5.29. The highest BCUT2D eigenvalue weighted by Gasteiger charge is 2.64. The van der Waals surface area contributed by atoms with E-state index in [1.807, 2.05) is 0 Å². The Hall–Kier alpha value is -0.820. The third kappa shape index (κ3) is 2.13. The molecule has 4 aliphatic carbocycles. The number of benzene rings is 1. The molecule has 0 spiro atoms. The summed E-state index contributed by atoms with van der Waals surface area (Å²) in [5.74, 6) is 3.46. The summed E-state index contributed by atoms with van der Waals surface area (Å²) in [6.07, 6.45) is 13.5. The predicted molar refractivity (Wildman–Crippen MR) is 107 cm³/mol. The molecule has 0 heterocycles. The standard InChI is InChI=1S/C25H36O/c1-23-15-7-6-8-18(23)11-12-20-21(23)13-16-24(2)22(20)14-17-25(24,26)19-9-4-3-5-10-19/h3-5,9-10,18,20-22,26H,6-8,11-17H2,1-2H3/t18-,20+,21-,22-,23-,24-,25+/m0/s1. The van der Waals surface area contributed by atoms with Gasteiger partial charge in [0.2, 0.25) is 0 Å². The molecule has 142 valence electrons. The van der Waals surface area contributed by atoms with Crippen LogP contribution >= 0.6 is 0 Å². The van der Waals surface area contributed by atoms with Crippen LogP contribution in [-0.4, -0.2) is 5.11 Å². The molecule has 5 rings (SSSR count). The Morgan fingerprint density at radius 3 is 2.38 bits per heavy atom. The molecule has 0 unspecified atom stereocenters. The Morgan fingerprint density at radius 2 is 1.58 bits per heavy atom. The van der Waals surface area contributed by atoms with E-state index < -0.39 is 5.60 Å². The molecule has 26 heavy (non-hydrogen) atoms. The zero-order valence-electron chi connectivity index (χ0n) is 16.7. The zero-order valence-corrected chi connectivity index (χ0v) is 16.7. The summed E-state index contributed by atoms with van der Waals surface area (Å²) in [4.78, 5) is 0. The second kappa shape index (κ2) is 5.84. The quantitative estimate of drug-likeness (QED) is 0.628. The van der Waals surface area contributed by atoms with Crippen molar-refractivity contribution in [3.63, 3.8) is 0 Å². The van der Waals surface area contributed by atoms with Gasteiger partial charge in [-0.3, -0.25) is 0 Å². The van der Waals surface area contributed by atoms with E-state index >= 15 is 0 Å². The minimum absolute atomic E-state index is 0.0629. The van der Waals surface area contributed by atoms with Gasteiger partial charge in [0.05, 0.1) is 5.60 Å². The van der Waals surface area contributed by atoms with Crippen molar-refractivity contribution in [2.45, 2.75) is 83.7 Å². The average Bonchev–Trinajstić information content (AvgIpc) is 2.94. The summed E-state index contributed by atoms with van der Waals surface area (Å²) in [7, 11) is 0. The average molecular weight is 353 g/mol. The maximum atomic E-state index is 11.9. The van der Waals surface area contributed by atoms with E-state index in [-0.39, 0.29) is 5.41 Å². The van der Waals surface area contributed by atoms with Crippen LogP contribution in [0.25, 0.3) is 0 Å². The first-order chi connectivity index (χ1) is 12.5. The summed E-state index contributed by atoms with van der Waals surface area (Å²) >= 11 is 0. The fraction of sp³-hybridized carbons (Fsp3) is 0.760. The molecule has 1 N–H and O–H groups in total. The van der Waals surface area contributed by atoms with Crippen molar-refractivity contribution in [2.75, 3.05) is 0 Å². The topological polar surface area (TPSA) is 20.2 Å². The molecule has 0 saturated heterocycles. The molecule has 0 amide bonds. The summed E-state index contributed by atoms with van der Waals surface area (Å²) in [5.41, 5.74) is 1.21. The predicted octanol–water partition coefficient (Wildman–Crippen LogP) is 6.31. The molecule has 1 aromatic carbocycles. The van der Waals surface area contributed by atoms with Crippen LogP contribution in [0.3, 0.4) is 0 Å². The lowest BCUT2D eigenvalue weighted by atomic mass is 9.44. The number of aliphatic hydroxyl groups is 1. The van der Waals surface area contributed by atoms with Crippen molar-refractivity contribution in [1.82, 2.24) is 0 Å². The Balaban J connectivity index is 1.49. The van der Waals surface area contributed by atoms with Gasteiger partial charge in [-0.05, 0) is 86.0 Å². The summed E-state index contributed by atoms with van der Waals surface area (Å²) in [6, 6.07) is 10.6. The number of fused-ring (bicyclic) bond motifs is 5. The van der Waals surface area contributed by atoms with Crippen LogP contribution in [0.1, 0.15) is 83.6 Å². The van der Waals surface area contributed by atoms with Gasteiger partial charge in [-0.2, -0.15) is 0 Å². The molecule has 4 fully saturated rings. The summed E-state index contributed by atoms with van der Waals surface area (Å²) in [5, 5.41) is 11.9. The molecule has 0 aromatic heterocycles. The van der Waals surface area contributed by atoms with Crippen LogP contribution in [0.4, 0.5) is 0 Å². The van der Waals surface area contributed by atoms with E-state index in [1.165, 1.54) is 63.4 Å². The van der Waals surface area contributed by atoms with Crippen molar-refractivity contribution >= 4 is 0 Å². The number of rotatable bonds is 1. The molecular formula is C25H36O. The Labute approximate surface area is 159 Å². The first-order valence-electron chi connectivity index (χ1n) is 11.3. The van der Waals surface area contributed by atoms with Crippen molar-refractivity contribution in [1.29, 1.82) is 0 Å². The smallest absolute Gasteiger partial charge is 0.0952 e. The molecule has 7 atom stereocenters. The maximum absolute atomic E-state index is 11.9. The fourth-order valence-electron chi connectivity index (χ4n) is 8.50. The lowest BCUT2D eigenvalue weighted by molar-refractivity contribution is -0.154. The van der Waals surface area contributed by atoms with E-state index in [0.717, 1.165) is 24.2 Å². The molecule has 0 radical (unpaired) electrons. The van der Waals surface area contributed by atoms with Gasteiger partial charge < -0.3 is 5.11 Å². The van der Waals surface area contributed by atoms with Gasteiger partial charge in [0.1, 0.15) is 0 Å². The third-order valence-electron chi connectivity index (χ3n) is 9.99. The second-order valence-electron chi connectivity index (χ2n) is 10.6. The maximum Gasteiger partial charge on any atom is 0.0952 e. The van der Waals surface area contributed by atoms with Crippen molar-refractivity contribution in [3.05, 3.63) is 35.9 Å². The van der Waals surface area contributed by atoms with E-state index in [4.69, 9.17) is 0 Å². The molecule has 1 aromatic rings. The molecule has 4 saturated carbocycles. The van der Waals surface area contributed by atoms with Crippen LogP contribution in [0.5, 0.6) is 0 Å². The Bertz CT molecular complexity index is 668. The number of hydrogen-bond donors (Lipinski definition) is 1. The van der Waals surface area contributed by atoms with Crippen LogP contribution in [0.15, 0.2) is 30.3 Å². The summed E-state index contributed by atoms with van der Waals surface area (Å²) < 4.78 is 0. The highest BCUT2D eigenvalue weighted by Crippen LogP contribution is 2.69. The Morgan fingerprint density at radius 1 is 0.808 bits per heavy atom. The molecule has 1 nitrogen and oxygen atoms in total. The second-order valence-corrected chi connectivity index (χ2v) is 10.6. The largest absolute Gasteiger partial charge is 0.385 e. The van der Waals surface area contributed by atoms with Gasteiger partial charge >= 0.3 is 0 Å². The van der Waals surface area contributed by atoms with E-state index in [0.29, 0.717) is 11.3 Å². The van der Waals surface area contributed by atoms with Crippen molar-refractivity contribution < 1.29 is 5.11 Å². The van der Waals surface area contributed by atoms with Crippen LogP contribution in [-0.2, 0) is 5.60 Å². The van der Waals surface area contributed by atoms with Gasteiger partial charge in [-0.1, -0.05) is 57.0 Å². The lowest BCUT2D eigenvalue weighted by Crippen LogP contribution is -2.55. The van der Waals surface area contributed by atoms with E-state index in [9.17, 15) is 5.11 Å². The van der Waals surface area contributed by atoms with E-state index in [2.05, 4.69) is 44.2 Å².